The minimum atomic E-state index is -5.42. The topological polar surface area (TPSA) is 9.23 Å². The highest BCUT2D eigenvalue weighted by atomic mass is 19.4. The smallest absolute Gasteiger partial charge is 0.355 e. The van der Waals surface area contributed by atoms with Crippen LogP contribution in [0.5, 0.6) is 0 Å². The zero-order valence-electron chi connectivity index (χ0n) is 9.29. The van der Waals surface area contributed by atoms with E-state index in [9.17, 15) is 26.3 Å². The molecule has 0 unspecified atom stereocenters. The lowest BCUT2D eigenvalue weighted by atomic mass is 9.86. The van der Waals surface area contributed by atoms with Crippen molar-refractivity contribution >= 4 is 0 Å². The minimum Gasteiger partial charge on any atom is -0.355 e. The number of alkyl halides is 6. The van der Waals surface area contributed by atoms with Gasteiger partial charge in [0.05, 0.1) is 5.60 Å². The second kappa shape index (κ2) is 4.66. The molecule has 7 heteroatoms. The van der Waals surface area contributed by atoms with E-state index in [-0.39, 0.29) is 12.8 Å². The van der Waals surface area contributed by atoms with E-state index in [1.165, 1.54) is 6.92 Å². The lowest BCUT2D eigenvalue weighted by molar-refractivity contribution is -0.345. The number of ether oxygens (including phenoxy) is 1. The summed E-state index contributed by atoms with van der Waals surface area (Å²) in [7, 11) is 0. The number of hydrogen-bond donors (Lipinski definition) is 0. The average molecular weight is 264 g/mol. The summed E-state index contributed by atoms with van der Waals surface area (Å²) in [5.41, 5.74) is -1.33. The largest absolute Gasteiger partial charge is 0.423 e. The molecule has 1 rings (SSSR count). The van der Waals surface area contributed by atoms with Gasteiger partial charge in [-0.05, 0) is 19.8 Å². The predicted octanol–water partition coefficient (Wildman–Crippen LogP) is 4.22. The maximum Gasteiger partial charge on any atom is 0.423 e. The second-order valence-electron chi connectivity index (χ2n) is 4.59. The van der Waals surface area contributed by atoms with Crippen LogP contribution >= 0.6 is 0 Å². The molecule has 0 saturated heterocycles. The van der Waals surface area contributed by atoms with Gasteiger partial charge in [0.2, 0.25) is 6.10 Å². The maximum absolute atomic E-state index is 12.3. The molecule has 0 heterocycles. The highest BCUT2D eigenvalue weighted by Crippen LogP contribution is 2.41. The summed E-state index contributed by atoms with van der Waals surface area (Å²) in [6.07, 6.45) is -12.0. The first-order chi connectivity index (χ1) is 7.55. The Kier molecular flexibility index (Phi) is 4.01. The van der Waals surface area contributed by atoms with Gasteiger partial charge in [-0.1, -0.05) is 19.3 Å². The molecule has 1 saturated carbocycles. The molecule has 0 aromatic carbocycles. The molecule has 1 nitrogen and oxygen atoms in total. The maximum atomic E-state index is 12.3. The molecule has 0 radical (unpaired) electrons. The van der Waals surface area contributed by atoms with Crippen molar-refractivity contribution in [1.82, 2.24) is 0 Å². The molecule has 0 atom stereocenters. The summed E-state index contributed by atoms with van der Waals surface area (Å²) in [5.74, 6) is 0. The third kappa shape index (κ3) is 4.04. The number of hydrogen-bond acceptors (Lipinski definition) is 1. The minimum absolute atomic E-state index is 0.232. The first-order valence-electron chi connectivity index (χ1n) is 5.36. The van der Waals surface area contributed by atoms with Crippen LogP contribution < -0.4 is 0 Å². The van der Waals surface area contributed by atoms with Crippen molar-refractivity contribution in [2.75, 3.05) is 0 Å². The van der Waals surface area contributed by atoms with Crippen LogP contribution in [-0.2, 0) is 4.74 Å². The monoisotopic (exact) mass is 264 g/mol. The SMILES string of the molecule is CC1(OC(C(F)(F)F)C(F)(F)F)CCCCC1. The van der Waals surface area contributed by atoms with E-state index in [2.05, 4.69) is 4.74 Å². The molecular formula is C10H14F6O. The van der Waals surface area contributed by atoms with Gasteiger partial charge >= 0.3 is 12.4 Å². The van der Waals surface area contributed by atoms with Crippen LogP contribution in [0.1, 0.15) is 39.0 Å². The molecule has 1 aliphatic carbocycles. The molecule has 17 heavy (non-hydrogen) atoms. The van der Waals surface area contributed by atoms with Crippen molar-refractivity contribution < 1.29 is 31.1 Å². The van der Waals surface area contributed by atoms with Crippen LogP contribution in [0.15, 0.2) is 0 Å². The van der Waals surface area contributed by atoms with Gasteiger partial charge in [0, 0.05) is 0 Å². The van der Waals surface area contributed by atoms with Crippen LogP contribution in [0, 0.1) is 0 Å². The zero-order chi connectivity index (χ0) is 13.3. The quantitative estimate of drug-likeness (QED) is 0.678. The van der Waals surface area contributed by atoms with E-state index >= 15 is 0 Å². The molecule has 1 fully saturated rings. The van der Waals surface area contributed by atoms with Crippen molar-refractivity contribution in [3.8, 4) is 0 Å². The lowest BCUT2D eigenvalue weighted by Crippen LogP contribution is -2.50. The van der Waals surface area contributed by atoms with Crippen LogP contribution in [0.25, 0.3) is 0 Å². The van der Waals surface area contributed by atoms with Gasteiger partial charge in [-0.2, -0.15) is 26.3 Å². The molecule has 0 spiro atoms. The van der Waals surface area contributed by atoms with E-state index < -0.39 is 24.1 Å². The van der Waals surface area contributed by atoms with Gasteiger partial charge < -0.3 is 4.74 Å². The Morgan fingerprint density at radius 3 is 1.65 bits per heavy atom. The first kappa shape index (κ1) is 14.6. The number of halogens is 6. The number of rotatable bonds is 2. The summed E-state index contributed by atoms with van der Waals surface area (Å²) in [6, 6.07) is 0. The molecule has 0 N–H and O–H groups in total. The Morgan fingerprint density at radius 1 is 0.882 bits per heavy atom. The normalized spacial score (nSPS) is 21.9. The fourth-order valence-corrected chi connectivity index (χ4v) is 2.02. The van der Waals surface area contributed by atoms with Gasteiger partial charge in [-0.15, -0.1) is 0 Å². The highest BCUT2D eigenvalue weighted by Gasteiger charge is 2.60. The van der Waals surface area contributed by atoms with E-state index in [1.807, 2.05) is 0 Å². The summed E-state index contributed by atoms with van der Waals surface area (Å²) in [5, 5.41) is 0. The molecule has 0 aliphatic heterocycles. The Hall–Kier alpha value is -0.460. The summed E-state index contributed by atoms with van der Waals surface area (Å²) in [6.45, 7) is 1.32. The third-order valence-corrected chi connectivity index (χ3v) is 2.91. The van der Waals surface area contributed by atoms with Gasteiger partial charge in [-0.3, -0.25) is 0 Å². The van der Waals surface area contributed by atoms with Crippen molar-refractivity contribution in [2.24, 2.45) is 0 Å². The van der Waals surface area contributed by atoms with Crippen LogP contribution in [0.3, 0.4) is 0 Å². The highest BCUT2D eigenvalue weighted by molar-refractivity contribution is 4.85. The Balaban J connectivity index is 2.79. The standard InChI is InChI=1S/C10H14F6O/c1-8(5-3-2-4-6-8)17-7(9(11,12)13)10(14,15)16/h7H,2-6H2,1H3. The fraction of sp³-hybridized carbons (Fsp3) is 1.00. The Morgan fingerprint density at radius 2 is 1.29 bits per heavy atom. The Labute approximate surface area is 95.1 Å². The summed E-state index contributed by atoms with van der Waals surface area (Å²) < 4.78 is 78.1. The van der Waals surface area contributed by atoms with Crippen LogP contribution in [-0.4, -0.2) is 24.1 Å². The Bertz CT molecular complexity index is 237. The van der Waals surface area contributed by atoms with Gasteiger partial charge in [0.15, 0.2) is 0 Å². The molecule has 0 aromatic heterocycles. The van der Waals surface area contributed by atoms with E-state index in [4.69, 9.17) is 0 Å². The summed E-state index contributed by atoms with van der Waals surface area (Å²) in [4.78, 5) is 0. The predicted molar refractivity (Wildman–Crippen MR) is 48.5 cm³/mol. The average Bonchev–Trinajstić information content (AvgIpc) is 2.12. The molecule has 0 aromatic rings. The molecule has 0 amide bonds. The first-order valence-corrected chi connectivity index (χ1v) is 5.36. The van der Waals surface area contributed by atoms with E-state index in [0.29, 0.717) is 12.8 Å². The van der Waals surface area contributed by atoms with E-state index in [1.54, 1.807) is 0 Å². The third-order valence-electron chi connectivity index (χ3n) is 2.91. The fourth-order valence-electron chi connectivity index (χ4n) is 2.02. The van der Waals surface area contributed by atoms with E-state index in [0.717, 1.165) is 6.42 Å². The van der Waals surface area contributed by atoms with Gasteiger partial charge in [0.1, 0.15) is 0 Å². The zero-order valence-corrected chi connectivity index (χ0v) is 9.29. The van der Waals surface area contributed by atoms with Crippen molar-refractivity contribution in [3.63, 3.8) is 0 Å². The van der Waals surface area contributed by atoms with Crippen molar-refractivity contribution in [1.29, 1.82) is 0 Å². The van der Waals surface area contributed by atoms with Gasteiger partial charge in [-0.25, -0.2) is 0 Å². The van der Waals surface area contributed by atoms with Gasteiger partial charge in [0.25, 0.3) is 0 Å². The lowest BCUT2D eigenvalue weighted by Gasteiger charge is -2.38. The molecule has 0 bridgehead atoms. The molecule has 102 valence electrons. The van der Waals surface area contributed by atoms with Crippen LogP contribution in [0.2, 0.25) is 0 Å². The molecule has 1 aliphatic rings. The van der Waals surface area contributed by atoms with Crippen LogP contribution in [0.4, 0.5) is 26.3 Å². The second-order valence-corrected chi connectivity index (χ2v) is 4.59. The van der Waals surface area contributed by atoms with Crippen molar-refractivity contribution in [3.05, 3.63) is 0 Å². The molecular weight excluding hydrogens is 250 g/mol. The van der Waals surface area contributed by atoms with Crippen molar-refractivity contribution in [2.45, 2.75) is 63.1 Å². The summed E-state index contributed by atoms with van der Waals surface area (Å²) >= 11 is 0.